The number of hydrogen-bond acceptors (Lipinski definition) is 1. The van der Waals surface area contributed by atoms with Crippen molar-refractivity contribution < 1.29 is 4.79 Å². The molecule has 0 radical (unpaired) electrons. The molecule has 1 aliphatic rings. The molecule has 0 unspecified atom stereocenters. The maximum atomic E-state index is 12.2. The number of carbonyl (C=O) groups excluding carboxylic acids is 1. The minimum absolute atomic E-state index is 0.143. The van der Waals surface area contributed by atoms with Gasteiger partial charge in [0.25, 0.3) is 0 Å². The van der Waals surface area contributed by atoms with Crippen molar-refractivity contribution >= 4 is 29.0 Å². The number of benzene rings is 1. The molecule has 0 spiro atoms. The van der Waals surface area contributed by atoms with Crippen molar-refractivity contribution in [3.8, 4) is 0 Å². The van der Waals surface area contributed by atoms with Crippen molar-refractivity contribution in [1.82, 2.24) is 0 Å². The van der Waals surface area contributed by atoms with E-state index in [4.69, 9.17) is 23.2 Å². The van der Waals surface area contributed by atoms with Gasteiger partial charge in [0.2, 0.25) is 0 Å². The molecule has 0 bridgehead atoms. The maximum absolute atomic E-state index is 12.2. The van der Waals surface area contributed by atoms with E-state index >= 15 is 0 Å². The molecule has 1 fully saturated rings. The molecular weight excluding hydrogens is 243 g/mol. The van der Waals surface area contributed by atoms with Crippen LogP contribution in [0.3, 0.4) is 0 Å². The summed E-state index contributed by atoms with van der Waals surface area (Å²) in [4.78, 5) is 12.2. The Morgan fingerprint density at radius 1 is 1.12 bits per heavy atom. The lowest BCUT2D eigenvalue weighted by molar-refractivity contribution is 0.0889. The molecule has 0 amide bonds. The van der Waals surface area contributed by atoms with Crippen LogP contribution in [-0.2, 0) is 0 Å². The summed E-state index contributed by atoms with van der Waals surface area (Å²) in [6, 6.07) is 5.26. The lowest BCUT2D eigenvalue weighted by Gasteiger charge is -2.20. The van der Waals surface area contributed by atoms with Crippen LogP contribution in [0.4, 0.5) is 0 Å². The number of rotatable bonds is 2. The molecule has 3 heteroatoms. The molecule has 86 valence electrons. The molecule has 1 aliphatic carbocycles. The highest BCUT2D eigenvalue weighted by Gasteiger charge is 2.24. The van der Waals surface area contributed by atoms with E-state index in [0.717, 1.165) is 25.7 Å². The Bertz CT molecular complexity index is 395. The van der Waals surface area contributed by atoms with E-state index < -0.39 is 0 Å². The van der Waals surface area contributed by atoms with Crippen LogP contribution in [-0.4, -0.2) is 5.78 Å². The molecule has 2 rings (SSSR count). The van der Waals surface area contributed by atoms with Gasteiger partial charge < -0.3 is 0 Å². The van der Waals surface area contributed by atoms with E-state index in [2.05, 4.69) is 0 Å². The highest BCUT2D eigenvalue weighted by molar-refractivity contribution is 6.43. The van der Waals surface area contributed by atoms with E-state index in [1.54, 1.807) is 18.2 Å². The standard InChI is InChI=1S/C13H14Cl2O/c14-11-8-4-7-10(12(11)15)13(16)9-5-2-1-3-6-9/h4,7-9H,1-3,5-6H2. The first-order valence-corrected chi connectivity index (χ1v) is 6.44. The molecule has 1 nitrogen and oxygen atoms in total. The van der Waals surface area contributed by atoms with Gasteiger partial charge in [-0.3, -0.25) is 4.79 Å². The predicted molar refractivity (Wildman–Crippen MR) is 67.4 cm³/mol. The van der Waals surface area contributed by atoms with Crippen molar-refractivity contribution in [2.75, 3.05) is 0 Å². The zero-order valence-electron chi connectivity index (χ0n) is 9.01. The Kier molecular flexibility index (Phi) is 3.88. The van der Waals surface area contributed by atoms with Crippen LogP contribution in [0, 0.1) is 5.92 Å². The molecule has 0 aromatic heterocycles. The second kappa shape index (κ2) is 5.20. The van der Waals surface area contributed by atoms with Crippen LogP contribution in [0.5, 0.6) is 0 Å². The first-order valence-electron chi connectivity index (χ1n) is 5.68. The minimum atomic E-state index is 0.143. The summed E-state index contributed by atoms with van der Waals surface area (Å²) in [6.07, 6.45) is 5.51. The largest absolute Gasteiger partial charge is 0.294 e. The quantitative estimate of drug-likeness (QED) is 0.698. The van der Waals surface area contributed by atoms with Gasteiger partial charge in [0.05, 0.1) is 10.0 Å². The third-order valence-corrected chi connectivity index (χ3v) is 4.01. The Hall–Kier alpha value is -0.530. The monoisotopic (exact) mass is 256 g/mol. The fraction of sp³-hybridized carbons (Fsp3) is 0.462. The zero-order valence-corrected chi connectivity index (χ0v) is 10.5. The van der Waals surface area contributed by atoms with Gasteiger partial charge in [0.1, 0.15) is 0 Å². The molecule has 0 saturated heterocycles. The van der Waals surface area contributed by atoms with Crippen LogP contribution in [0.25, 0.3) is 0 Å². The Morgan fingerprint density at radius 3 is 2.50 bits per heavy atom. The lowest BCUT2D eigenvalue weighted by atomic mass is 9.84. The van der Waals surface area contributed by atoms with Gasteiger partial charge in [0.15, 0.2) is 5.78 Å². The first kappa shape index (κ1) is 11.9. The first-order chi connectivity index (χ1) is 7.70. The number of carbonyl (C=O) groups is 1. The summed E-state index contributed by atoms with van der Waals surface area (Å²) in [5, 5.41) is 0.864. The lowest BCUT2D eigenvalue weighted by Crippen LogP contribution is -2.18. The summed E-state index contributed by atoms with van der Waals surface area (Å²) >= 11 is 12.0. The average Bonchev–Trinajstić information content (AvgIpc) is 2.33. The number of Topliss-reactive ketones (excluding diaryl/α,β-unsaturated/α-hetero) is 1. The van der Waals surface area contributed by atoms with E-state index in [-0.39, 0.29) is 11.7 Å². The molecule has 1 saturated carbocycles. The van der Waals surface area contributed by atoms with Crippen LogP contribution in [0.15, 0.2) is 18.2 Å². The van der Waals surface area contributed by atoms with E-state index in [1.165, 1.54) is 6.42 Å². The predicted octanol–water partition coefficient (Wildman–Crippen LogP) is 4.76. The second-order valence-corrected chi connectivity index (χ2v) is 5.09. The summed E-state index contributed by atoms with van der Waals surface area (Å²) in [5.74, 6) is 0.303. The highest BCUT2D eigenvalue weighted by atomic mass is 35.5. The van der Waals surface area contributed by atoms with Gasteiger partial charge in [-0.05, 0) is 25.0 Å². The van der Waals surface area contributed by atoms with Crippen molar-refractivity contribution in [3.05, 3.63) is 33.8 Å². The minimum Gasteiger partial charge on any atom is -0.294 e. The highest BCUT2D eigenvalue weighted by Crippen LogP contribution is 2.32. The molecule has 0 aliphatic heterocycles. The van der Waals surface area contributed by atoms with Crippen LogP contribution < -0.4 is 0 Å². The Labute approximate surface area is 106 Å². The molecule has 1 aromatic rings. The molecule has 0 heterocycles. The van der Waals surface area contributed by atoms with Crippen LogP contribution in [0.2, 0.25) is 10.0 Å². The molecular formula is C13H14Cl2O. The normalized spacial score (nSPS) is 17.4. The van der Waals surface area contributed by atoms with Crippen molar-refractivity contribution in [2.24, 2.45) is 5.92 Å². The van der Waals surface area contributed by atoms with Gasteiger partial charge in [0, 0.05) is 11.5 Å². The van der Waals surface area contributed by atoms with Crippen molar-refractivity contribution in [2.45, 2.75) is 32.1 Å². The maximum Gasteiger partial charge on any atom is 0.167 e. The van der Waals surface area contributed by atoms with E-state index in [9.17, 15) is 4.79 Å². The summed E-state index contributed by atoms with van der Waals surface area (Å²) in [7, 11) is 0. The SMILES string of the molecule is O=C(c1cccc(Cl)c1Cl)C1CCCCC1. The van der Waals surface area contributed by atoms with Gasteiger partial charge in [-0.25, -0.2) is 0 Å². The van der Waals surface area contributed by atoms with Crippen molar-refractivity contribution in [1.29, 1.82) is 0 Å². The van der Waals surface area contributed by atoms with E-state index in [0.29, 0.717) is 15.6 Å². The van der Waals surface area contributed by atoms with E-state index in [1.807, 2.05) is 0 Å². The number of halogens is 2. The zero-order chi connectivity index (χ0) is 11.5. The van der Waals surface area contributed by atoms with Gasteiger partial charge >= 0.3 is 0 Å². The molecule has 0 atom stereocenters. The summed E-state index contributed by atoms with van der Waals surface area (Å²) in [5.41, 5.74) is 0.584. The van der Waals surface area contributed by atoms with Gasteiger partial charge in [-0.1, -0.05) is 48.5 Å². The van der Waals surface area contributed by atoms with Gasteiger partial charge in [-0.15, -0.1) is 0 Å². The summed E-state index contributed by atoms with van der Waals surface area (Å²) in [6.45, 7) is 0. The topological polar surface area (TPSA) is 17.1 Å². The number of hydrogen-bond donors (Lipinski definition) is 0. The molecule has 1 aromatic carbocycles. The summed E-state index contributed by atoms with van der Waals surface area (Å²) < 4.78 is 0. The van der Waals surface area contributed by atoms with Crippen LogP contribution in [0.1, 0.15) is 42.5 Å². The van der Waals surface area contributed by atoms with Gasteiger partial charge in [-0.2, -0.15) is 0 Å². The van der Waals surface area contributed by atoms with Crippen LogP contribution >= 0.6 is 23.2 Å². The fourth-order valence-corrected chi connectivity index (χ4v) is 2.67. The number of ketones is 1. The molecule has 16 heavy (non-hydrogen) atoms. The third kappa shape index (κ3) is 2.41. The Morgan fingerprint density at radius 2 is 1.81 bits per heavy atom. The average molecular weight is 257 g/mol. The fourth-order valence-electron chi connectivity index (χ4n) is 2.28. The smallest absolute Gasteiger partial charge is 0.167 e. The van der Waals surface area contributed by atoms with Crippen molar-refractivity contribution in [3.63, 3.8) is 0 Å². The second-order valence-electron chi connectivity index (χ2n) is 4.30. The molecule has 0 N–H and O–H groups in total. The third-order valence-electron chi connectivity index (χ3n) is 3.19. The Balaban J connectivity index is 2.22.